The Balaban J connectivity index is 2.03. The van der Waals surface area contributed by atoms with E-state index in [-0.39, 0.29) is 11.6 Å². The van der Waals surface area contributed by atoms with Crippen LogP contribution in [0.1, 0.15) is 25.5 Å². The van der Waals surface area contributed by atoms with E-state index >= 15 is 0 Å². The smallest absolute Gasteiger partial charge is 0.137 e. The predicted octanol–water partition coefficient (Wildman–Crippen LogP) is 4.52. The van der Waals surface area contributed by atoms with Crippen LogP contribution in [0.2, 0.25) is 5.02 Å². The van der Waals surface area contributed by atoms with Gasteiger partial charge in [0.1, 0.15) is 12.7 Å². The standard InChI is InChI=1S/C18H19ClN4/c1-18(2,23-13-20-12-21-23)17(14-8-4-3-5-9-14)22-16-11-7-6-10-15(16)19/h3-13,17,22H,1-2H3. The molecule has 5 heteroatoms. The van der Waals surface area contributed by atoms with Gasteiger partial charge in [0.25, 0.3) is 0 Å². The zero-order valence-electron chi connectivity index (χ0n) is 13.1. The van der Waals surface area contributed by atoms with Crippen molar-refractivity contribution in [2.45, 2.75) is 25.4 Å². The van der Waals surface area contributed by atoms with Crippen LogP contribution in [-0.4, -0.2) is 14.8 Å². The van der Waals surface area contributed by atoms with E-state index in [1.54, 1.807) is 12.7 Å². The highest BCUT2D eigenvalue weighted by Crippen LogP contribution is 2.36. The Labute approximate surface area is 141 Å². The molecule has 0 amide bonds. The predicted molar refractivity (Wildman–Crippen MR) is 93.6 cm³/mol. The van der Waals surface area contributed by atoms with E-state index < -0.39 is 0 Å². The number of hydrogen-bond donors (Lipinski definition) is 1. The van der Waals surface area contributed by atoms with Crippen molar-refractivity contribution in [1.29, 1.82) is 0 Å². The van der Waals surface area contributed by atoms with Crippen LogP contribution in [0.15, 0.2) is 67.3 Å². The highest BCUT2D eigenvalue weighted by Gasteiger charge is 2.33. The minimum Gasteiger partial charge on any atom is -0.375 e. The third kappa shape index (κ3) is 3.22. The van der Waals surface area contributed by atoms with Crippen molar-refractivity contribution >= 4 is 17.3 Å². The van der Waals surface area contributed by atoms with Crippen LogP contribution < -0.4 is 5.32 Å². The molecule has 0 fully saturated rings. The van der Waals surface area contributed by atoms with Crippen molar-refractivity contribution in [1.82, 2.24) is 14.8 Å². The summed E-state index contributed by atoms with van der Waals surface area (Å²) in [5.74, 6) is 0. The van der Waals surface area contributed by atoms with Gasteiger partial charge in [-0.3, -0.25) is 0 Å². The molecule has 0 spiro atoms. The monoisotopic (exact) mass is 326 g/mol. The number of benzene rings is 2. The van der Waals surface area contributed by atoms with Crippen molar-refractivity contribution in [3.8, 4) is 0 Å². The van der Waals surface area contributed by atoms with Crippen LogP contribution in [0, 0.1) is 0 Å². The SMILES string of the molecule is CC(C)(C(Nc1ccccc1Cl)c1ccccc1)n1cncn1. The van der Waals surface area contributed by atoms with Crippen LogP contribution in [0.4, 0.5) is 5.69 Å². The summed E-state index contributed by atoms with van der Waals surface area (Å²) in [6, 6.07) is 18.0. The lowest BCUT2D eigenvalue weighted by Crippen LogP contribution is -2.38. The maximum absolute atomic E-state index is 6.33. The fourth-order valence-corrected chi connectivity index (χ4v) is 2.88. The lowest BCUT2D eigenvalue weighted by Gasteiger charge is -2.36. The molecular formula is C18H19ClN4. The van der Waals surface area contributed by atoms with Gasteiger partial charge in [0.15, 0.2) is 0 Å². The molecule has 0 saturated carbocycles. The highest BCUT2D eigenvalue weighted by atomic mass is 35.5. The average Bonchev–Trinajstić information content (AvgIpc) is 3.10. The molecule has 2 aromatic carbocycles. The molecule has 1 unspecified atom stereocenters. The Bertz CT molecular complexity index is 754. The molecular weight excluding hydrogens is 308 g/mol. The summed E-state index contributed by atoms with van der Waals surface area (Å²) in [6.45, 7) is 4.26. The van der Waals surface area contributed by atoms with Gasteiger partial charge in [0, 0.05) is 0 Å². The van der Waals surface area contributed by atoms with Crippen molar-refractivity contribution < 1.29 is 0 Å². The number of nitrogens with one attached hydrogen (secondary N) is 1. The molecule has 3 rings (SSSR count). The Morgan fingerprint density at radius 3 is 2.39 bits per heavy atom. The molecule has 0 saturated heterocycles. The second-order valence-corrected chi connectivity index (χ2v) is 6.37. The van der Waals surface area contributed by atoms with Crippen molar-refractivity contribution in [2.24, 2.45) is 0 Å². The maximum Gasteiger partial charge on any atom is 0.137 e. The van der Waals surface area contributed by atoms with Crippen molar-refractivity contribution in [2.75, 3.05) is 5.32 Å². The third-order valence-corrected chi connectivity index (χ3v) is 4.35. The van der Waals surface area contributed by atoms with E-state index in [1.807, 2.05) is 47.1 Å². The van der Waals surface area contributed by atoms with Gasteiger partial charge in [-0.1, -0.05) is 54.1 Å². The van der Waals surface area contributed by atoms with E-state index in [0.717, 1.165) is 11.3 Å². The number of nitrogens with zero attached hydrogens (tertiary/aromatic N) is 3. The van der Waals surface area contributed by atoms with Gasteiger partial charge in [-0.2, -0.15) is 5.10 Å². The molecule has 1 heterocycles. The second kappa shape index (κ2) is 6.42. The second-order valence-electron chi connectivity index (χ2n) is 5.96. The Morgan fingerprint density at radius 1 is 1.04 bits per heavy atom. The quantitative estimate of drug-likeness (QED) is 0.749. The van der Waals surface area contributed by atoms with Crippen molar-refractivity contribution in [3.63, 3.8) is 0 Å². The first-order valence-corrected chi connectivity index (χ1v) is 7.88. The van der Waals surface area contributed by atoms with E-state index in [2.05, 4.69) is 41.4 Å². The van der Waals surface area contributed by atoms with Gasteiger partial charge in [-0.05, 0) is 31.5 Å². The van der Waals surface area contributed by atoms with E-state index in [9.17, 15) is 0 Å². The summed E-state index contributed by atoms with van der Waals surface area (Å²) in [5.41, 5.74) is 1.72. The van der Waals surface area contributed by atoms with E-state index in [1.165, 1.54) is 0 Å². The Hall–Kier alpha value is -2.33. The maximum atomic E-state index is 6.33. The highest BCUT2D eigenvalue weighted by molar-refractivity contribution is 6.33. The number of para-hydroxylation sites is 1. The molecule has 3 aromatic rings. The Kier molecular flexibility index (Phi) is 4.35. The minimum atomic E-state index is -0.336. The van der Waals surface area contributed by atoms with E-state index in [4.69, 9.17) is 11.6 Å². The molecule has 0 aliphatic carbocycles. The number of aromatic nitrogens is 3. The van der Waals surface area contributed by atoms with Gasteiger partial charge in [-0.25, -0.2) is 9.67 Å². The lowest BCUT2D eigenvalue weighted by molar-refractivity contribution is 0.272. The molecule has 4 nitrogen and oxygen atoms in total. The zero-order valence-corrected chi connectivity index (χ0v) is 13.9. The van der Waals surface area contributed by atoms with Crippen LogP contribution in [0.3, 0.4) is 0 Å². The molecule has 1 aromatic heterocycles. The fourth-order valence-electron chi connectivity index (χ4n) is 2.69. The van der Waals surface area contributed by atoms with Crippen LogP contribution in [0.5, 0.6) is 0 Å². The number of hydrogen-bond acceptors (Lipinski definition) is 3. The Morgan fingerprint density at radius 2 is 1.74 bits per heavy atom. The van der Waals surface area contributed by atoms with Gasteiger partial charge in [0.2, 0.25) is 0 Å². The number of anilines is 1. The zero-order chi connectivity index (χ0) is 16.3. The first-order valence-electron chi connectivity index (χ1n) is 7.50. The summed E-state index contributed by atoms with van der Waals surface area (Å²) < 4.78 is 1.87. The molecule has 23 heavy (non-hydrogen) atoms. The van der Waals surface area contributed by atoms with Gasteiger partial charge in [0.05, 0.1) is 22.3 Å². The summed E-state index contributed by atoms with van der Waals surface area (Å²) in [6.07, 6.45) is 3.30. The largest absolute Gasteiger partial charge is 0.375 e. The molecule has 0 bridgehead atoms. The number of rotatable bonds is 5. The lowest BCUT2D eigenvalue weighted by atomic mass is 9.88. The molecule has 0 radical (unpaired) electrons. The van der Waals surface area contributed by atoms with Gasteiger partial charge < -0.3 is 5.32 Å². The number of halogens is 1. The first kappa shape index (κ1) is 15.6. The average molecular weight is 327 g/mol. The van der Waals surface area contributed by atoms with Crippen LogP contribution >= 0.6 is 11.6 Å². The first-order chi connectivity index (χ1) is 11.1. The molecule has 0 aliphatic heterocycles. The van der Waals surface area contributed by atoms with Crippen LogP contribution in [-0.2, 0) is 5.54 Å². The summed E-state index contributed by atoms with van der Waals surface area (Å²) in [7, 11) is 0. The molecule has 1 atom stereocenters. The third-order valence-electron chi connectivity index (χ3n) is 4.02. The summed E-state index contributed by atoms with van der Waals surface area (Å²) in [4.78, 5) is 4.09. The fraction of sp³-hybridized carbons (Fsp3) is 0.222. The summed E-state index contributed by atoms with van der Waals surface area (Å²) >= 11 is 6.33. The molecule has 1 N–H and O–H groups in total. The van der Waals surface area contributed by atoms with Crippen molar-refractivity contribution in [3.05, 3.63) is 77.8 Å². The molecule has 118 valence electrons. The van der Waals surface area contributed by atoms with E-state index in [0.29, 0.717) is 5.02 Å². The topological polar surface area (TPSA) is 42.7 Å². The minimum absolute atomic E-state index is 0.0229. The van der Waals surface area contributed by atoms with Gasteiger partial charge in [-0.15, -0.1) is 0 Å². The normalized spacial score (nSPS) is 12.8. The molecule has 0 aliphatic rings. The van der Waals surface area contributed by atoms with Crippen LogP contribution in [0.25, 0.3) is 0 Å². The summed E-state index contributed by atoms with van der Waals surface area (Å²) in [5, 5.41) is 8.60. The van der Waals surface area contributed by atoms with Gasteiger partial charge >= 0.3 is 0 Å².